The van der Waals surface area contributed by atoms with Gasteiger partial charge in [0.1, 0.15) is 0 Å². The molecule has 0 atom stereocenters. The molecule has 2 rings (SSSR count). The number of para-hydroxylation sites is 1. The third-order valence-electron chi connectivity index (χ3n) is 2.87. The molecule has 0 saturated carbocycles. The summed E-state index contributed by atoms with van der Waals surface area (Å²) in [6.07, 6.45) is 0. The summed E-state index contributed by atoms with van der Waals surface area (Å²) in [5.41, 5.74) is 1.60. The molecule has 1 aromatic heterocycles. The Morgan fingerprint density at radius 2 is 2.00 bits per heavy atom. The summed E-state index contributed by atoms with van der Waals surface area (Å²) in [4.78, 5) is 1.14. The van der Waals surface area contributed by atoms with Gasteiger partial charge in [-0.1, -0.05) is 18.2 Å². The van der Waals surface area contributed by atoms with E-state index in [1.165, 1.54) is 15.6 Å². The van der Waals surface area contributed by atoms with Crippen molar-refractivity contribution >= 4 is 38.6 Å². The van der Waals surface area contributed by atoms with E-state index in [-0.39, 0.29) is 0 Å². The van der Waals surface area contributed by atoms with Crippen LogP contribution in [-0.4, -0.2) is 15.5 Å². The Kier molecular flexibility index (Phi) is 4.18. The summed E-state index contributed by atoms with van der Waals surface area (Å²) < 4.78 is 26.3. The van der Waals surface area contributed by atoms with Crippen molar-refractivity contribution in [3.05, 3.63) is 46.2 Å². The molecule has 0 N–H and O–H groups in total. The van der Waals surface area contributed by atoms with Crippen molar-refractivity contribution in [3.8, 4) is 0 Å². The Hall–Kier alpha value is -1.04. The van der Waals surface area contributed by atoms with Gasteiger partial charge in [-0.2, -0.15) is 0 Å². The summed E-state index contributed by atoms with van der Waals surface area (Å²) in [6.45, 7) is 1.89. The molecular formula is C13H14ClNO2S2. The van der Waals surface area contributed by atoms with E-state index in [9.17, 15) is 8.42 Å². The van der Waals surface area contributed by atoms with Crippen LogP contribution in [0.4, 0.5) is 5.69 Å². The lowest BCUT2D eigenvalue weighted by Crippen LogP contribution is -2.26. The fourth-order valence-electron chi connectivity index (χ4n) is 1.77. The molecule has 0 aliphatic rings. The van der Waals surface area contributed by atoms with Gasteiger partial charge in [0.05, 0.1) is 16.5 Å². The second kappa shape index (κ2) is 5.53. The fourth-order valence-corrected chi connectivity index (χ4v) is 4.41. The van der Waals surface area contributed by atoms with E-state index in [0.717, 1.165) is 10.4 Å². The minimum Gasteiger partial charge on any atom is -0.269 e. The molecular weight excluding hydrogens is 302 g/mol. The molecule has 0 bridgehead atoms. The average Bonchev–Trinajstić information content (AvgIpc) is 2.88. The van der Waals surface area contributed by atoms with Crippen LogP contribution in [0.5, 0.6) is 0 Å². The predicted octanol–water partition coefficient (Wildman–Crippen LogP) is 3.62. The molecule has 102 valence electrons. The molecule has 1 heterocycles. The second-order valence-electron chi connectivity index (χ2n) is 4.14. The van der Waals surface area contributed by atoms with E-state index < -0.39 is 10.0 Å². The van der Waals surface area contributed by atoms with E-state index in [0.29, 0.717) is 16.5 Å². The number of nitrogens with zero attached hydrogens (tertiary/aromatic N) is 1. The zero-order chi connectivity index (χ0) is 14.0. The third kappa shape index (κ3) is 2.78. The lowest BCUT2D eigenvalue weighted by Gasteiger charge is -2.20. The Morgan fingerprint density at radius 3 is 2.58 bits per heavy atom. The molecule has 0 fully saturated rings. The number of alkyl halides is 1. The number of anilines is 1. The number of benzene rings is 1. The topological polar surface area (TPSA) is 37.4 Å². The lowest BCUT2D eigenvalue weighted by molar-refractivity contribution is 0.594. The van der Waals surface area contributed by atoms with Crippen molar-refractivity contribution in [2.45, 2.75) is 17.7 Å². The van der Waals surface area contributed by atoms with Crippen molar-refractivity contribution in [3.63, 3.8) is 0 Å². The Bertz CT molecular complexity index is 679. The van der Waals surface area contributed by atoms with E-state index in [2.05, 4.69) is 0 Å². The molecule has 0 radical (unpaired) electrons. The molecule has 19 heavy (non-hydrogen) atoms. The van der Waals surface area contributed by atoms with Crippen molar-refractivity contribution in [2.24, 2.45) is 0 Å². The van der Waals surface area contributed by atoms with Crippen molar-refractivity contribution in [2.75, 3.05) is 11.4 Å². The Morgan fingerprint density at radius 1 is 1.32 bits per heavy atom. The highest BCUT2D eigenvalue weighted by Gasteiger charge is 2.23. The van der Waals surface area contributed by atoms with Crippen LogP contribution in [0.15, 0.2) is 40.6 Å². The van der Waals surface area contributed by atoms with Crippen molar-refractivity contribution in [1.82, 2.24) is 0 Å². The van der Waals surface area contributed by atoms with E-state index in [1.807, 2.05) is 25.1 Å². The molecule has 0 aliphatic heterocycles. The SMILES string of the molecule is Cc1ccccc1N(C)S(=O)(=O)c1csc(CCl)c1. The number of sulfonamides is 1. The highest BCUT2D eigenvalue weighted by Crippen LogP contribution is 2.28. The molecule has 0 unspecified atom stereocenters. The van der Waals surface area contributed by atoms with Gasteiger partial charge in [-0.05, 0) is 24.6 Å². The van der Waals surface area contributed by atoms with Crippen LogP contribution in [0, 0.1) is 6.92 Å². The first kappa shape index (κ1) is 14.4. The van der Waals surface area contributed by atoms with Gasteiger partial charge in [0.15, 0.2) is 0 Å². The normalized spacial score (nSPS) is 11.5. The largest absolute Gasteiger partial charge is 0.269 e. The summed E-state index contributed by atoms with van der Waals surface area (Å²) in [7, 11) is -1.95. The van der Waals surface area contributed by atoms with Gasteiger partial charge in [-0.3, -0.25) is 4.31 Å². The minimum absolute atomic E-state index is 0.291. The zero-order valence-corrected chi connectivity index (χ0v) is 13.0. The van der Waals surface area contributed by atoms with Crippen molar-refractivity contribution in [1.29, 1.82) is 0 Å². The zero-order valence-electron chi connectivity index (χ0n) is 10.6. The van der Waals surface area contributed by atoms with Gasteiger partial charge in [-0.15, -0.1) is 22.9 Å². The smallest absolute Gasteiger partial charge is 0.264 e. The van der Waals surface area contributed by atoms with Gasteiger partial charge in [0, 0.05) is 17.3 Å². The van der Waals surface area contributed by atoms with Crippen LogP contribution in [0.1, 0.15) is 10.4 Å². The van der Waals surface area contributed by atoms with Gasteiger partial charge in [0.2, 0.25) is 0 Å². The van der Waals surface area contributed by atoms with Crippen LogP contribution in [0.2, 0.25) is 0 Å². The van der Waals surface area contributed by atoms with Gasteiger partial charge >= 0.3 is 0 Å². The fraction of sp³-hybridized carbons (Fsp3) is 0.231. The summed E-state index contributed by atoms with van der Waals surface area (Å²) in [5.74, 6) is 0.328. The van der Waals surface area contributed by atoms with Crippen LogP contribution in [0.25, 0.3) is 0 Å². The molecule has 0 aliphatic carbocycles. The van der Waals surface area contributed by atoms with E-state index in [4.69, 9.17) is 11.6 Å². The van der Waals surface area contributed by atoms with Crippen LogP contribution in [0.3, 0.4) is 0 Å². The first-order chi connectivity index (χ1) is 8.96. The number of hydrogen-bond donors (Lipinski definition) is 0. The Balaban J connectivity index is 2.42. The molecule has 3 nitrogen and oxygen atoms in total. The second-order valence-corrected chi connectivity index (χ2v) is 7.37. The molecule has 0 saturated heterocycles. The molecule has 0 amide bonds. The summed E-state index contributed by atoms with van der Waals surface area (Å²) in [5, 5.41) is 1.63. The third-order valence-corrected chi connectivity index (χ3v) is 6.16. The maximum atomic E-state index is 12.5. The molecule has 0 spiro atoms. The van der Waals surface area contributed by atoms with Crippen molar-refractivity contribution < 1.29 is 8.42 Å². The molecule has 6 heteroatoms. The molecule has 2 aromatic rings. The summed E-state index contributed by atoms with van der Waals surface area (Å²) in [6, 6.07) is 9.02. The average molecular weight is 316 g/mol. The van der Waals surface area contributed by atoms with Gasteiger partial charge < -0.3 is 0 Å². The quantitative estimate of drug-likeness (QED) is 0.808. The molecule has 1 aromatic carbocycles. The van der Waals surface area contributed by atoms with Gasteiger partial charge in [0.25, 0.3) is 10.0 Å². The van der Waals surface area contributed by atoms with Crippen LogP contribution in [-0.2, 0) is 15.9 Å². The van der Waals surface area contributed by atoms with E-state index >= 15 is 0 Å². The van der Waals surface area contributed by atoms with Crippen LogP contribution < -0.4 is 4.31 Å². The summed E-state index contributed by atoms with van der Waals surface area (Å²) >= 11 is 7.07. The highest BCUT2D eigenvalue weighted by molar-refractivity contribution is 7.93. The monoisotopic (exact) mass is 315 g/mol. The van der Waals surface area contributed by atoms with Gasteiger partial charge in [-0.25, -0.2) is 8.42 Å². The first-order valence-electron chi connectivity index (χ1n) is 5.64. The number of hydrogen-bond acceptors (Lipinski definition) is 3. The first-order valence-corrected chi connectivity index (χ1v) is 8.50. The Labute approximate surface area is 122 Å². The van der Waals surface area contributed by atoms with E-state index in [1.54, 1.807) is 24.6 Å². The lowest BCUT2D eigenvalue weighted by atomic mass is 10.2. The highest BCUT2D eigenvalue weighted by atomic mass is 35.5. The standard InChI is InChI=1S/C13H14ClNO2S2/c1-10-5-3-4-6-13(10)15(2)19(16,17)12-7-11(8-14)18-9-12/h3-7,9H,8H2,1-2H3. The minimum atomic E-state index is -3.52. The number of aryl methyl sites for hydroxylation is 1. The number of halogens is 1. The number of thiophene rings is 1. The predicted molar refractivity (Wildman–Crippen MR) is 80.6 cm³/mol. The van der Waals surface area contributed by atoms with Crippen LogP contribution >= 0.6 is 22.9 Å². The maximum absolute atomic E-state index is 12.5. The number of rotatable bonds is 4. The maximum Gasteiger partial charge on any atom is 0.264 e.